The van der Waals surface area contributed by atoms with Crippen LogP contribution in [0.5, 0.6) is 11.5 Å². The summed E-state index contributed by atoms with van der Waals surface area (Å²) in [5.74, 6) is 2.81. The lowest BCUT2D eigenvalue weighted by atomic mass is 10.0. The number of rotatable bonds is 5. The second kappa shape index (κ2) is 8.05. The Morgan fingerprint density at radius 1 is 1.00 bits per heavy atom. The molecule has 138 valence electrons. The molecule has 1 aromatic heterocycles. The zero-order chi connectivity index (χ0) is 18.5. The summed E-state index contributed by atoms with van der Waals surface area (Å²) in [6, 6.07) is 17.9. The number of ether oxygens (including phenoxy) is 1. The fourth-order valence-electron chi connectivity index (χ4n) is 3.28. The van der Waals surface area contributed by atoms with Crippen LogP contribution in [0, 0.1) is 0 Å². The maximum Gasteiger partial charge on any atom is 0.139 e. The van der Waals surface area contributed by atoms with E-state index in [1.807, 2.05) is 54.6 Å². The van der Waals surface area contributed by atoms with Crippen LogP contribution in [-0.4, -0.2) is 29.1 Å². The Kier molecular flexibility index (Phi) is 5.16. The van der Waals surface area contributed by atoms with E-state index in [1.54, 1.807) is 0 Å². The van der Waals surface area contributed by atoms with Crippen molar-refractivity contribution in [3.8, 4) is 22.6 Å². The van der Waals surface area contributed by atoms with E-state index in [4.69, 9.17) is 10.5 Å². The largest absolute Gasteiger partial charge is 0.457 e. The molecule has 6 nitrogen and oxygen atoms in total. The topological polar surface area (TPSA) is 85.1 Å². The van der Waals surface area contributed by atoms with Crippen molar-refractivity contribution in [2.75, 3.05) is 24.1 Å². The molecule has 0 bridgehead atoms. The summed E-state index contributed by atoms with van der Waals surface area (Å²) in [4.78, 5) is 8.62. The summed E-state index contributed by atoms with van der Waals surface area (Å²) in [6.45, 7) is 1.99. The molecule has 2 heterocycles. The van der Waals surface area contributed by atoms with Crippen LogP contribution in [0.4, 0.5) is 11.6 Å². The average Bonchev–Trinajstić information content (AvgIpc) is 2.71. The van der Waals surface area contributed by atoms with Crippen LogP contribution in [0.1, 0.15) is 12.8 Å². The van der Waals surface area contributed by atoms with E-state index < -0.39 is 0 Å². The second-order valence-corrected chi connectivity index (χ2v) is 6.61. The molecule has 27 heavy (non-hydrogen) atoms. The van der Waals surface area contributed by atoms with Gasteiger partial charge in [-0.2, -0.15) is 0 Å². The Morgan fingerprint density at radius 3 is 2.52 bits per heavy atom. The van der Waals surface area contributed by atoms with Crippen LogP contribution in [0.3, 0.4) is 0 Å². The minimum absolute atomic E-state index is 0.340. The van der Waals surface area contributed by atoms with Gasteiger partial charge in [-0.25, -0.2) is 9.97 Å². The number of hydrogen-bond donors (Lipinski definition) is 3. The Hall–Kier alpha value is -3.12. The first kappa shape index (κ1) is 17.3. The zero-order valence-electron chi connectivity index (χ0n) is 15.1. The number of aromatic nitrogens is 2. The third-order valence-corrected chi connectivity index (χ3v) is 4.64. The van der Waals surface area contributed by atoms with E-state index in [0.717, 1.165) is 54.4 Å². The average molecular weight is 361 g/mol. The van der Waals surface area contributed by atoms with Crippen molar-refractivity contribution in [2.24, 2.45) is 0 Å². The lowest BCUT2D eigenvalue weighted by Gasteiger charge is -2.25. The first-order valence-electron chi connectivity index (χ1n) is 9.20. The molecule has 1 aliphatic heterocycles. The highest BCUT2D eigenvalue weighted by Gasteiger charge is 2.17. The van der Waals surface area contributed by atoms with Crippen molar-refractivity contribution in [3.05, 3.63) is 60.9 Å². The number of nitrogens with one attached hydrogen (secondary N) is 2. The highest BCUT2D eigenvalue weighted by molar-refractivity contribution is 5.83. The Morgan fingerprint density at radius 2 is 1.78 bits per heavy atom. The standard InChI is InChI=1S/C21H23N5O/c22-20-19(21(25-14-24-20)26-16-5-4-12-23-13-16)15-8-10-18(11-9-15)27-17-6-2-1-3-7-17/h1-3,6-11,14,16,23H,4-5,12-13H2,(H3,22,24,25,26)/t16-/m1/s1. The van der Waals surface area contributed by atoms with Gasteiger partial charge in [0.25, 0.3) is 0 Å². The fraction of sp³-hybridized carbons (Fsp3) is 0.238. The Bertz CT molecular complexity index is 877. The van der Waals surface area contributed by atoms with Gasteiger partial charge in [-0.1, -0.05) is 30.3 Å². The predicted octanol–water partition coefficient (Wildman–Crippen LogP) is 3.68. The van der Waals surface area contributed by atoms with Crippen LogP contribution in [0.15, 0.2) is 60.9 Å². The van der Waals surface area contributed by atoms with Crippen molar-refractivity contribution in [3.63, 3.8) is 0 Å². The highest BCUT2D eigenvalue weighted by Crippen LogP contribution is 2.33. The quantitative estimate of drug-likeness (QED) is 0.643. The third-order valence-electron chi connectivity index (χ3n) is 4.64. The van der Waals surface area contributed by atoms with Crippen LogP contribution < -0.4 is 21.1 Å². The van der Waals surface area contributed by atoms with Gasteiger partial charge >= 0.3 is 0 Å². The number of nitrogen functional groups attached to an aromatic ring is 1. The lowest BCUT2D eigenvalue weighted by Crippen LogP contribution is -2.38. The number of piperidine rings is 1. The normalized spacial score (nSPS) is 16.7. The summed E-state index contributed by atoms with van der Waals surface area (Å²) < 4.78 is 5.86. The van der Waals surface area contributed by atoms with Gasteiger partial charge in [0.1, 0.15) is 29.5 Å². The monoisotopic (exact) mass is 361 g/mol. The van der Waals surface area contributed by atoms with E-state index in [0.29, 0.717) is 11.9 Å². The van der Waals surface area contributed by atoms with E-state index in [9.17, 15) is 0 Å². The van der Waals surface area contributed by atoms with E-state index >= 15 is 0 Å². The van der Waals surface area contributed by atoms with Crippen molar-refractivity contribution < 1.29 is 4.74 Å². The maximum atomic E-state index is 6.18. The number of benzene rings is 2. The van der Waals surface area contributed by atoms with Gasteiger partial charge in [0.15, 0.2) is 0 Å². The van der Waals surface area contributed by atoms with Gasteiger partial charge in [-0.15, -0.1) is 0 Å². The first-order chi connectivity index (χ1) is 13.3. The molecule has 0 saturated carbocycles. The molecule has 1 aliphatic rings. The second-order valence-electron chi connectivity index (χ2n) is 6.61. The maximum absolute atomic E-state index is 6.18. The van der Waals surface area contributed by atoms with Gasteiger partial charge in [0, 0.05) is 12.6 Å². The smallest absolute Gasteiger partial charge is 0.139 e. The molecule has 0 spiro atoms. The highest BCUT2D eigenvalue weighted by atomic mass is 16.5. The van der Waals surface area contributed by atoms with Crippen LogP contribution in [0.2, 0.25) is 0 Å². The molecule has 6 heteroatoms. The van der Waals surface area contributed by atoms with Crippen molar-refractivity contribution in [1.82, 2.24) is 15.3 Å². The molecule has 4 N–H and O–H groups in total. The molecular weight excluding hydrogens is 338 g/mol. The molecule has 4 rings (SSSR count). The van der Waals surface area contributed by atoms with E-state index in [2.05, 4.69) is 20.6 Å². The van der Waals surface area contributed by atoms with Gasteiger partial charge in [0.05, 0.1) is 5.56 Å². The first-order valence-corrected chi connectivity index (χ1v) is 9.20. The van der Waals surface area contributed by atoms with Gasteiger partial charge in [-0.3, -0.25) is 0 Å². The Balaban J connectivity index is 1.57. The number of nitrogens with zero attached hydrogens (tertiary/aromatic N) is 2. The van der Waals surface area contributed by atoms with Gasteiger partial charge in [-0.05, 0) is 49.2 Å². The van der Waals surface area contributed by atoms with Crippen molar-refractivity contribution in [1.29, 1.82) is 0 Å². The summed E-state index contributed by atoms with van der Waals surface area (Å²) >= 11 is 0. The molecule has 1 saturated heterocycles. The number of nitrogens with two attached hydrogens (primary N) is 1. The van der Waals surface area contributed by atoms with Crippen LogP contribution in [-0.2, 0) is 0 Å². The summed E-state index contributed by atoms with van der Waals surface area (Å²) in [5, 5.41) is 6.92. The van der Waals surface area contributed by atoms with Gasteiger partial charge in [0.2, 0.25) is 0 Å². The molecule has 0 amide bonds. The molecule has 1 fully saturated rings. The molecule has 0 unspecified atom stereocenters. The molecular formula is C21H23N5O. The van der Waals surface area contributed by atoms with Gasteiger partial charge < -0.3 is 21.1 Å². The molecule has 1 atom stereocenters. The zero-order valence-corrected chi connectivity index (χ0v) is 15.1. The summed E-state index contributed by atoms with van der Waals surface area (Å²) in [5.41, 5.74) is 7.97. The Labute approximate surface area is 158 Å². The van der Waals surface area contributed by atoms with E-state index in [-0.39, 0.29) is 0 Å². The molecule has 2 aromatic carbocycles. The van der Waals surface area contributed by atoms with Crippen molar-refractivity contribution in [2.45, 2.75) is 18.9 Å². The molecule has 0 aliphatic carbocycles. The van der Waals surface area contributed by atoms with Crippen LogP contribution in [0.25, 0.3) is 11.1 Å². The number of hydrogen-bond acceptors (Lipinski definition) is 6. The molecule has 0 radical (unpaired) electrons. The SMILES string of the molecule is Nc1ncnc(N[C@@H]2CCCNC2)c1-c1ccc(Oc2ccccc2)cc1. The van der Waals surface area contributed by atoms with Crippen molar-refractivity contribution >= 4 is 11.6 Å². The minimum atomic E-state index is 0.340. The molecule has 3 aromatic rings. The predicted molar refractivity (Wildman–Crippen MR) is 108 cm³/mol. The lowest BCUT2D eigenvalue weighted by molar-refractivity contribution is 0.479. The summed E-state index contributed by atoms with van der Waals surface area (Å²) in [6.07, 6.45) is 3.77. The number of anilines is 2. The fourth-order valence-corrected chi connectivity index (χ4v) is 3.28. The van der Waals surface area contributed by atoms with E-state index in [1.165, 1.54) is 6.33 Å². The third kappa shape index (κ3) is 4.17. The minimum Gasteiger partial charge on any atom is -0.457 e. The number of para-hydroxylation sites is 1. The van der Waals surface area contributed by atoms with Crippen LogP contribution >= 0.6 is 0 Å². The summed E-state index contributed by atoms with van der Waals surface area (Å²) in [7, 11) is 0.